The molecule has 0 fully saturated rings. The van der Waals surface area contributed by atoms with E-state index in [0.717, 1.165) is 22.5 Å². The summed E-state index contributed by atoms with van der Waals surface area (Å²) in [5, 5.41) is 11.0. The lowest BCUT2D eigenvalue weighted by Crippen LogP contribution is -2.49. The topological polar surface area (TPSA) is 148 Å². The van der Waals surface area contributed by atoms with Gasteiger partial charge in [0.05, 0.1) is 24.2 Å². The van der Waals surface area contributed by atoms with Crippen LogP contribution in [0.1, 0.15) is 0 Å². The van der Waals surface area contributed by atoms with E-state index in [1.807, 2.05) is 0 Å². The molecule has 0 radical (unpaired) electrons. The number of carbonyl (C=O) groups excluding carboxylic acids is 1. The summed E-state index contributed by atoms with van der Waals surface area (Å²) in [6.07, 6.45) is -2.63. The van der Waals surface area contributed by atoms with E-state index in [1.165, 1.54) is 25.3 Å². The predicted molar refractivity (Wildman–Crippen MR) is 99.2 cm³/mol. The number of nitrogens with zero attached hydrogens (tertiary/aromatic N) is 1. The van der Waals surface area contributed by atoms with Crippen LogP contribution in [-0.2, 0) is 14.8 Å². The summed E-state index contributed by atoms with van der Waals surface area (Å²) in [6, 6.07) is 6.85. The van der Waals surface area contributed by atoms with Crippen molar-refractivity contribution in [3.8, 4) is 11.5 Å². The van der Waals surface area contributed by atoms with Crippen molar-refractivity contribution < 1.29 is 37.0 Å². The third-order valence-corrected chi connectivity index (χ3v) is 5.88. The molecule has 1 aliphatic heterocycles. The van der Waals surface area contributed by atoms with E-state index >= 15 is 0 Å². The molecular formula is C17H16FN3O7S. The molecule has 1 aliphatic rings. The molecule has 3 rings (SSSR count). The van der Waals surface area contributed by atoms with Crippen LogP contribution in [0.4, 0.5) is 20.6 Å². The minimum absolute atomic E-state index is 0.00800. The molecule has 10 nitrogen and oxygen atoms in total. The highest BCUT2D eigenvalue weighted by molar-refractivity contribution is 7.92. The quantitative estimate of drug-likeness (QED) is 0.655. The highest BCUT2D eigenvalue weighted by atomic mass is 32.2. The lowest BCUT2D eigenvalue weighted by molar-refractivity contribution is -0.124. The number of nitrogens with two attached hydrogens (primary N) is 1. The molecule has 0 spiro atoms. The number of carbonyl (C=O) groups is 2. The van der Waals surface area contributed by atoms with Gasteiger partial charge in [0.15, 0.2) is 17.7 Å². The zero-order valence-electron chi connectivity index (χ0n) is 15.0. The molecule has 2 aromatic carbocycles. The van der Waals surface area contributed by atoms with Crippen molar-refractivity contribution in [3.63, 3.8) is 0 Å². The van der Waals surface area contributed by atoms with Gasteiger partial charge in [-0.15, -0.1) is 0 Å². The first-order valence-electron chi connectivity index (χ1n) is 8.09. The Morgan fingerprint density at radius 3 is 2.66 bits per heavy atom. The Bertz CT molecular complexity index is 1090. The second-order valence-corrected chi connectivity index (χ2v) is 7.82. The average molecular weight is 425 g/mol. The van der Waals surface area contributed by atoms with Crippen molar-refractivity contribution in [3.05, 3.63) is 42.2 Å². The fourth-order valence-corrected chi connectivity index (χ4v) is 4.24. The van der Waals surface area contributed by atoms with E-state index in [1.54, 1.807) is 0 Å². The van der Waals surface area contributed by atoms with Gasteiger partial charge in [-0.25, -0.2) is 17.6 Å². The Labute approximate surface area is 164 Å². The number of hydrogen-bond donors (Lipinski definition) is 3. The number of sulfonamides is 1. The van der Waals surface area contributed by atoms with Gasteiger partial charge < -0.3 is 20.3 Å². The number of anilines is 2. The fraction of sp³-hybridized carbons (Fsp3) is 0.176. The maximum absolute atomic E-state index is 13.7. The number of fused-ring (bicyclic) bond motifs is 1. The molecule has 0 aliphatic carbocycles. The third kappa shape index (κ3) is 3.87. The monoisotopic (exact) mass is 425 g/mol. The summed E-state index contributed by atoms with van der Waals surface area (Å²) in [5.41, 5.74) is 5.35. The number of hydrogen-bond acceptors (Lipinski definition) is 6. The van der Waals surface area contributed by atoms with Crippen LogP contribution in [0.2, 0.25) is 0 Å². The number of carboxylic acid groups (broad SMARTS) is 1. The van der Waals surface area contributed by atoms with Crippen molar-refractivity contribution in [2.24, 2.45) is 5.73 Å². The first kappa shape index (κ1) is 20.2. The minimum atomic E-state index is -4.31. The number of benzene rings is 2. The number of ether oxygens (including phenoxy) is 2. The van der Waals surface area contributed by atoms with Gasteiger partial charge in [0.1, 0.15) is 5.75 Å². The highest BCUT2D eigenvalue weighted by Crippen LogP contribution is 2.39. The molecule has 0 saturated carbocycles. The lowest BCUT2D eigenvalue weighted by Gasteiger charge is -2.34. The Morgan fingerprint density at radius 1 is 1.31 bits per heavy atom. The van der Waals surface area contributed by atoms with Gasteiger partial charge in [0.25, 0.3) is 15.9 Å². The number of rotatable bonds is 5. The molecular weight excluding hydrogens is 409 g/mol. The van der Waals surface area contributed by atoms with E-state index in [0.29, 0.717) is 0 Å². The Hall–Kier alpha value is -3.54. The Kier molecular flexibility index (Phi) is 5.20. The van der Waals surface area contributed by atoms with E-state index in [2.05, 4.69) is 5.32 Å². The van der Waals surface area contributed by atoms with Crippen LogP contribution in [0, 0.1) is 5.82 Å². The van der Waals surface area contributed by atoms with Crippen molar-refractivity contribution >= 4 is 33.4 Å². The number of primary amides is 1. The molecule has 2 aromatic rings. The summed E-state index contributed by atoms with van der Waals surface area (Å²) in [4.78, 5) is 22.2. The normalized spacial score (nSPS) is 15.8. The van der Waals surface area contributed by atoms with Crippen LogP contribution in [-0.4, -0.2) is 45.3 Å². The number of amides is 2. The number of halogens is 1. The molecule has 29 heavy (non-hydrogen) atoms. The summed E-state index contributed by atoms with van der Waals surface area (Å²) >= 11 is 0. The molecule has 0 bridgehead atoms. The van der Waals surface area contributed by atoms with Gasteiger partial charge in [-0.3, -0.25) is 14.4 Å². The van der Waals surface area contributed by atoms with Gasteiger partial charge in [-0.1, -0.05) is 0 Å². The summed E-state index contributed by atoms with van der Waals surface area (Å²) in [5.74, 6) is -1.92. The highest BCUT2D eigenvalue weighted by Gasteiger charge is 2.37. The largest absolute Gasteiger partial charge is 0.494 e. The van der Waals surface area contributed by atoms with Crippen LogP contribution < -0.4 is 24.8 Å². The molecule has 1 unspecified atom stereocenters. The Morgan fingerprint density at radius 2 is 2.03 bits per heavy atom. The standard InChI is InChI=1S/C17H16FN3O7S/c1-27-14-7-10(3-4-11(14)18)29(25,26)21-8-15(16(19)22)28-13-5-2-9(6-12(13)21)20-17(23)24/h2-7,15,20H,8H2,1H3,(H2,19,22)(H,23,24). The van der Waals surface area contributed by atoms with Gasteiger partial charge in [0.2, 0.25) is 0 Å². The summed E-state index contributed by atoms with van der Waals surface area (Å²) < 4.78 is 51.3. The van der Waals surface area contributed by atoms with Crippen molar-refractivity contribution in [2.75, 3.05) is 23.3 Å². The lowest BCUT2D eigenvalue weighted by atomic mass is 10.2. The van der Waals surface area contributed by atoms with Gasteiger partial charge >= 0.3 is 6.09 Å². The fourth-order valence-electron chi connectivity index (χ4n) is 2.76. The molecule has 2 amide bonds. The minimum Gasteiger partial charge on any atom is -0.494 e. The van der Waals surface area contributed by atoms with Crippen LogP contribution in [0.3, 0.4) is 0 Å². The molecule has 0 saturated heterocycles. The van der Waals surface area contributed by atoms with Crippen molar-refractivity contribution in [1.82, 2.24) is 0 Å². The number of methoxy groups -OCH3 is 1. The molecule has 1 heterocycles. The first-order valence-corrected chi connectivity index (χ1v) is 9.53. The smallest absolute Gasteiger partial charge is 0.409 e. The van der Waals surface area contributed by atoms with Crippen LogP contribution in [0.15, 0.2) is 41.3 Å². The zero-order valence-corrected chi connectivity index (χ0v) is 15.8. The SMILES string of the molecule is COc1cc(S(=O)(=O)N2CC(C(N)=O)Oc3ccc(NC(=O)O)cc32)ccc1F. The van der Waals surface area contributed by atoms with E-state index in [9.17, 15) is 22.4 Å². The van der Waals surface area contributed by atoms with Crippen LogP contribution in [0.5, 0.6) is 11.5 Å². The second-order valence-electron chi connectivity index (χ2n) is 5.95. The van der Waals surface area contributed by atoms with Crippen molar-refractivity contribution in [2.45, 2.75) is 11.0 Å². The molecule has 4 N–H and O–H groups in total. The van der Waals surface area contributed by atoms with Crippen LogP contribution >= 0.6 is 0 Å². The van der Waals surface area contributed by atoms with E-state index in [4.69, 9.17) is 20.3 Å². The molecule has 154 valence electrons. The average Bonchev–Trinajstić information content (AvgIpc) is 2.66. The third-order valence-electron chi connectivity index (χ3n) is 4.11. The van der Waals surface area contributed by atoms with E-state index in [-0.39, 0.29) is 27.8 Å². The summed E-state index contributed by atoms with van der Waals surface area (Å²) in [6.45, 7) is -0.457. The summed E-state index contributed by atoms with van der Waals surface area (Å²) in [7, 11) is -3.13. The van der Waals surface area contributed by atoms with Gasteiger partial charge in [0, 0.05) is 11.8 Å². The maximum atomic E-state index is 13.7. The molecule has 1 atom stereocenters. The number of nitrogens with one attached hydrogen (secondary N) is 1. The second kappa shape index (κ2) is 7.47. The first-order chi connectivity index (χ1) is 13.6. The van der Waals surface area contributed by atoms with E-state index < -0.39 is 40.5 Å². The molecule has 12 heteroatoms. The Balaban J connectivity index is 2.13. The van der Waals surface area contributed by atoms with Gasteiger partial charge in [-0.2, -0.15) is 0 Å². The predicted octanol–water partition coefficient (Wildman–Crippen LogP) is 1.37. The van der Waals surface area contributed by atoms with Crippen molar-refractivity contribution in [1.29, 1.82) is 0 Å². The maximum Gasteiger partial charge on any atom is 0.409 e. The van der Waals surface area contributed by atoms with Gasteiger partial charge in [-0.05, 0) is 30.3 Å². The zero-order chi connectivity index (χ0) is 21.3. The van der Waals surface area contributed by atoms with Crippen LogP contribution in [0.25, 0.3) is 0 Å². The molecule has 0 aromatic heterocycles.